The van der Waals surface area contributed by atoms with Gasteiger partial charge in [-0.05, 0) is 68.6 Å². The number of hydrogen-bond acceptors (Lipinski definition) is 8. The highest BCUT2D eigenvalue weighted by atomic mass is 32.2. The molecule has 36 heavy (non-hydrogen) atoms. The van der Waals surface area contributed by atoms with Crippen molar-refractivity contribution in [3.8, 4) is 11.6 Å². The second-order valence-electron chi connectivity index (χ2n) is 9.03. The largest absolute Gasteiger partial charge is 0.515 e. The molecule has 8 heteroatoms. The SMILES string of the molecule is CCOC(=O)Oc1ccc2ccc(OCCCCN3CCN(c4cccc5c4CCS5)CC3)cc2n1. The molecule has 3 heterocycles. The number of carbonyl (C=O) groups excluding carboxylic acids is 1. The quantitative estimate of drug-likeness (QED) is 0.282. The lowest BCUT2D eigenvalue weighted by Crippen LogP contribution is -2.47. The average Bonchev–Trinajstić information content (AvgIpc) is 3.38. The van der Waals surface area contributed by atoms with Gasteiger partial charge in [0.1, 0.15) is 5.75 Å². The van der Waals surface area contributed by atoms with E-state index in [0.29, 0.717) is 6.61 Å². The van der Waals surface area contributed by atoms with E-state index in [1.165, 1.54) is 22.8 Å². The molecule has 2 aliphatic rings. The predicted octanol–water partition coefficient (Wildman–Crippen LogP) is 5.40. The monoisotopic (exact) mass is 507 g/mol. The molecule has 0 N–H and O–H groups in total. The zero-order valence-corrected chi connectivity index (χ0v) is 21.6. The molecule has 0 amide bonds. The number of rotatable bonds is 9. The fourth-order valence-corrected chi connectivity index (χ4v) is 5.88. The van der Waals surface area contributed by atoms with Crippen LogP contribution in [0.5, 0.6) is 11.6 Å². The van der Waals surface area contributed by atoms with Gasteiger partial charge in [-0.3, -0.25) is 4.90 Å². The van der Waals surface area contributed by atoms with Crippen molar-refractivity contribution in [2.45, 2.75) is 31.1 Å². The van der Waals surface area contributed by atoms with Crippen LogP contribution in [0.1, 0.15) is 25.3 Å². The Labute approximate surface area is 216 Å². The van der Waals surface area contributed by atoms with Crippen LogP contribution in [0.2, 0.25) is 0 Å². The van der Waals surface area contributed by atoms with Gasteiger partial charge in [-0.15, -0.1) is 11.8 Å². The summed E-state index contributed by atoms with van der Waals surface area (Å²) in [6.45, 7) is 8.19. The molecule has 0 aliphatic carbocycles. The molecule has 0 bridgehead atoms. The van der Waals surface area contributed by atoms with Crippen LogP contribution in [0.3, 0.4) is 0 Å². The van der Waals surface area contributed by atoms with Crippen LogP contribution >= 0.6 is 11.8 Å². The lowest BCUT2D eigenvalue weighted by molar-refractivity contribution is 0.103. The summed E-state index contributed by atoms with van der Waals surface area (Å²) in [6, 6.07) is 16.1. The summed E-state index contributed by atoms with van der Waals surface area (Å²) >= 11 is 1.99. The Hall–Kier alpha value is -2.97. The van der Waals surface area contributed by atoms with E-state index in [2.05, 4.69) is 33.0 Å². The molecule has 0 radical (unpaired) electrons. The van der Waals surface area contributed by atoms with Crippen LogP contribution in [-0.2, 0) is 11.2 Å². The van der Waals surface area contributed by atoms with Gasteiger partial charge >= 0.3 is 6.16 Å². The summed E-state index contributed by atoms with van der Waals surface area (Å²) in [6.07, 6.45) is 2.56. The van der Waals surface area contributed by atoms with Gasteiger partial charge in [0.05, 0.1) is 18.7 Å². The molecule has 190 valence electrons. The molecule has 2 aliphatic heterocycles. The van der Waals surface area contributed by atoms with Crippen molar-refractivity contribution in [1.82, 2.24) is 9.88 Å². The van der Waals surface area contributed by atoms with Gasteiger partial charge in [0, 0.05) is 60.0 Å². The van der Waals surface area contributed by atoms with Gasteiger partial charge in [0.2, 0.25) is 5.88 Å². The number of aromatic nitrogens is 1. The minimum atomic E-state index is -0.749. The first kappa shape index (κ1) is 24.7. The first-order chi connectivity index (χ1) is 17.7. The Morgan fingerprint density at radius 2 is 1.92 bits per heavy atom. The second kappa shape index (κ2) is 11.8. The Kier molecular flexibility index (Phi) is 8.13. The molecular formula is C28H33N3O4S. The average molecular weight is 508 g/mol. The number of nitrogens with zero attached hydrogens (tertiary/aromatic N) is 3. The Morgan fingerprint density at radius 3 is 2.78 bits per heavy atom. The topological polar surface area (TPSA) is 64.1 Å². The molecule has 7 nitrogen and oxygen atoms in total. The van der Waals surface area contributed by atoms with E-state index >= 15 is 0 Å². The molecule has 1 saturated heterocycles. The number of hydrogen-bond donors (Lipinski definition) is 0. The third-order valence-corrected chi connectivity index (χ3v) is 7.76. The van der Waals surface area contributed by atoms with Gasteiger partial charge < -0.3 is 19.1 Å². The van der Waals surface area contributed by atoms with Crippen LogP contribution in [0.4, 0.5) is 10.5 Å². The van der Waals surface area contributed by atoms with Crippen molar-refractivity contribution in [3.05, 3.63) is 54.1 Å². The summed E-state index contributed by atoms with van der Waals surface area (Å²) in [5.74, 6) is 2.20. The first-order valence-electron chi connectivity index (χ1n) is 12.8. The zero-order chi connectivity index (χ0) is 24.7. The van der Waals surface area contributed by atoms with Crippen LogP contribution in [-0.4, -0.2) is 67.7 Å². The molecular weight excluding hydrogens is 474 g/mol. The van der Waals surface area contributed by atoms with E-state index < -0.39 is 6.16 Å². The van der Waals surface area contributed by atoms with Crippen molar-refractivity contribution in [2.24, 2.45) is 0 Å². The minimum Gasteiger partial charge on any atom is -0.494 e. The summed E-state index contributed by atoms with van der Waals surface area (Å²) in [5, 5.41) is 0.955. The number of benzene rings is 2. The molecule has 2 aromatic carbocycles. The van der Waals surface area contributed by atoms with Gasteiger partial charge in [-0.2, -0.15) is 0 Å². The number of ether oxygens (including phenoxy) is 3. The number of carbonyl (C=O) groups is 1. The number of anilines is 1. The van der Waals surface area contributed by atoms with E-state index in [1.807, 2.05) is 36.0 Å². The van der Waals surface area contributed by atoms with Crippen molar-refractivity contribution in [3.63, 3.8) is 0 Å². The first-order valence-corrected chi connectivity index (χ1v) is 13.8. The van der Waals surface area contributed by atoms with Crippen molar-refractivity contribution in [2.75, 3.05) is 56.6 Å². The number of fused-ring (bicyclic) bond motifs is 2. The van der Waals surface area contributed by atoms with Crippen molar-refractivity contribution >= 4 is 34.5 Å². The van der Waals surface area contributed by atoms with Gasteiger partial charge in [-0.25, -0.2) is 9.78 Å². The molecule has 5 rings (SSSR count). The standard InChI is InChI=1S/C28H33N3O4S/c1-2-33-28(32)35-27-11-9-21-8-10-22(20-24(21)29-27)34-18-4-3-13-30-14-16-31(17-15-30)25-6-5-7-26-23(25)12-19-36-26/h5-11,20H,2-4,12-19H2,1H3. The van der Waals surface area contributed by atoms with E-state index in [4.69, 9.17) is 14.2 Å². The maximum absolute atomic E-state index is 11.5. The van der Waals surface area contributed by atoms with Gasteiger partial charge in [0.15, 0.2) is 0 Å². The molecule has 1 fully saturated rings. The normalized spacial score (nSPS) is 15.6. The third-order valence-electron chi connectivity index (χ3n) is 6.66. The highest BCUT2D eigenvalue weighted by molar-refractivity contribution is 7.99. The van der Waals surface area contributed by atoms with E-state index in [0.717, 1.165) is 62.2 Å². The fourth-order valence-electron chi connectivity index (χ4n) is 4.80. The third kappa shape index (κ3) is 6.05. The maximum Gasteiger partial charge on any atom is 0.515 e. The number of pyridine rings is 1. The molecule has 0 unspecified atom stereocenters. The highest BCUT2D eigenvalue weighted by Gasteiger charge is 2.22. The summed E-state index contributed by atoms with van der Waals surface area (Å²) in [7, 11) is 0. The van der Waals surface area contributed by atoms with Crippen LogP contribution in [0.25, 0.3) is 10.9 Å². The summed E-state index contributed by atoms with van der Waals surface area (Å²) in [5.41, 5.74) is 3.73. The zero-order valence-electron chi connectivity index (χ0n) is 20.8. The van der Waals surface area contributed by atoms with Crippen molar-refractivity contribution < 1.29 is 19.0 Å². The van der Waals surface area contributed by atoms with E-state index in [1.54, 1.807) is 18.6 Å². The van der Waals surface area contributed by atoms with Crippen LogP contribution in [0.15, 0.2) is 53.4 Å². The molecule has 0 spiro atoms. The molecule has 0 atom stereocenters. The van der Waals surface area contributed by atoms with E-state index in [-0.39, 0.29) is 12.5 Å². The Morgan fingerprint density at radius 1 is 1.06 bits per heavy atom. The smallest absolute Gasteiger partial charge is 0.494 e. The lowest BCUT2D eigenvalue weighted by Gasteiger charge is -2.37. The lowest BCUT2D eigenvalue weighted by atomic mass is 10.1. The van der Waals surface area contributed by atoms with E-state index in [9.17, 15) is 4.79 Å². The fraction of sp³-hybridized carbons (Fsp3) is 0.429. The molecule has 1 aromatic heterocycles. The highest BCUT2D eigenvalue weighted by Crippen LogP contribution is 2.37. The van der Waals surface area contributed by atoms with Crippen LogP contribution < -0.4 is 14.4 Å². The van der Waals surface area contributed by atoms with Gasteiger partial charge in [-0.1, -0.05) is 6.07 Å². The Bertz CT molecular complexity index is 1200. The van der Waals surface area contributed by atoms with Crippen molar-refractivity contribution in [1.29, 1.82) is 0 Å². The predicted molar refractivity (Wildman–Crippen MR) is 144 cm³/mol. The number of thioether (sulfide) groups is 1. The summed E-state index contributed by atoms with van der Waals surface area (Å²) < 4.78 is 15.9. The molecule has 3 aromatic rings. The maximum atomic E-state index is 11.5. The second-order valence-corrected chi connectivity index (χ2v) is 10.2. The summed E-state index contributed by atoms with van der Waals surface area (Å²) in [4.78, 5) is 22.5. The number of piperazine rings is 1. The molecule has 0 saturated carbocycles. The number of unbranched alkanes of at least 4 members (excludes halogenated alkanes) is 1. The minimum absolute atomic E-state index is 0.216. The van der Waals surface area contributed by atoms with Crippen LogP contribution in [0, 0.1) is 0 Å². The van der Waals surface area contributed by atoms with Gasteiger partial charge in [0.25, 0.3) is 0 Å². The Balaban J connectivity index is 1.04.